The van der Waals surface area contributed by atoms with Crippen LogP contribution in [0.5, 0.6) is 0 Å². The van der Waals surface area contributed by atoms with Crippen LogP contribution in [0.4, 0.5) is 13.2 Å². The zero-order valence-corrected chi connectivity index (χ0v) is 15.8. The van der Waals surface area contributed by atoms with Gasteiger partial charge in [0.25, 0.3) is 0 Å². The van der Waals surface area contributed by atoms with Crippen LogP contribution in [-0.2, 0) is 12.7 Å². The average Bonchev–Trinajstić information content (AvgIpc) is 3.20. The van der Waals surface area contributed by atoms with Crippen molar-refractivity contribution in [1.82, 2.24) is 15.1 Å². The fraction of sp³-hybridized carbons (Fsp3) is 0.174. The van der Waals surface area contributed by atoms with E-state index in [1.807, 2.05) is 18.2 Å². The number of alkyl halides is 3. The van der Waals surface area contributed by atoms with Crippen LogP contribution in [0.1, 0.15) is 29.8 Å². The Labute approximate surface area is 166 Å². The molecular formula is C23H20F3N3. The lowest BCUT2D eigenvalue weighted by Gasteiger charge is -2.16. The van der Waals surface area contributed by atoms with Gasteiger partial charge < -0.3 is 5.32 Å². The van der Waals surface area contributed by atoms with Crippen molar-refractivity contribution in [3.05, 3.63) is 95.8 Å². The van der Waals surface area contributed by atoms with Crippen molar-refractivity contribution in [2.24, 2.45) is 0 Å². The van der Waals surface area contributed by atoms with E-state index in [0.717, 1.165) is 17.8 Å². The zero-order chi connectivity index (χ0) is 20.4. The molecule has 0 unspecified atom stereocenters. The lowest BCUT2D eigenvalue weighted by molar-refractivity contribution is -0.137. The van der Waals surface area contributed by atoms with Crippen LogP contribution in [0.15, 0.2) is 79.0 Å². The smallest absolute Gasteiger partial charge is 0.304 e. The van der Waals surface area contributed by atoms with Crippen molar-refractivity contribution in [3.8, 4) is 5.69 Å². The number of hydrogen-bond acceptors (Lipinski definition) is 2. The molecule has 0 aliphatic heterocycles. The van der Waals surface area contributed by atoms with Crippen molar-refractivity contribution < 1.29 is 13.2 Å². The van der Waals surface area contributed by atoms with Crippen molar-refractivity contribution in [1.29, 1.82) is 0 Å². The molecule has 0 saturated carbocycles. The normalized spacial score (nSPS) is 13.0. The van der Waals surface area contributed by atoms with Gasteiger partial charge in [0.15, 0.2) is 0 Å². The molecule has 1 heterocycles. The van der Waals surface area contributed by atoms with Crippen molar-refractivity contribution >= 4 is 10.8 Å². The Kier molecular flexibility index (Phi) is 5.11. The standard InChI is InChI=1S/C23H20F3N3/c1-16(21-8-4-6-17-5-2-3-7-22(17)21)27-15-19-13-14-29(28-19)20-11-9-18(10-12-20)23(24,25)26/h2-14,16,27H,15H2,1H3/t16-/m1/s1. The zero-order valence-electron chi connectivity index (χ0n) is 15.8. The third kappa shape index (κ3) is 4.17. The van der Waals surface area contributed by atoms with Crippen molar-refractivity contribution in [3.63, 3.8) is 0 Å². The number of benzene rings is 3. The molecule has 0 bridgehead atoms. The Morgan fingerprint density at radius 3 is 2.41 bits per heavy atom. The highest BCUT2D eigenvalue weighted by Gasteiger charge is 2.30. The second-order valence-corrected chi connectivity index (χ2v) is 6.97. The molecular weight excluding hydrogens is 375 g/mol. The van der Waals surface area contributed by atoms with Gasteiger partial charge in [-0.3, -0.25) is 0 Å². The van der Waals surface area contributed by atoms with Gasteiger partial charge in [0.2, 0.25) is 0 Å². The summed E-state index contributed by atoms with van der Waals surface area (Å²) < 4.78 is 39.7. The maximum absolute atomic E-state index is 12.7. The van der Waals surface area contributed by atoms with Crippen LogP contribution in [-0.4, -0.2) is 9.78 Å². The second kappa shape index (κ2) is 7.72. The Morgan fingerprint density at radius 1 is 0.931 bits per heavy atom. The summed E-state index contributed by atoms with van der Waals surface area (Å²) in [7, 11) is 0. The Hall–Kier alpha value is -3.12. The van der Waals surface area contributed by atoms with E-state index < -0.39 is 11.7 Å². The van der Waals surface area contributed by atoms with E-state index in [0.29, 0.717) is 12.2 Å². The molecule has 4 aromatic rings. The number of nitrogens with one attached hydrogen (secondary N) is 1. The molecule has 0 fully saturated rings. The fourth-order valence-electron chi connectivity index (χ4n) is 3.40. The highest BCUT2D eigenvalue weighted by Crippen LogP contribution is 2.29. The van der Waals surface area contributed by atoms with E-state index in [1.54, 1.807) is 10.9 Å². The van der Waals surface area contributed by atoms with Crippen LogP contribution in [0, 0.1) is 0 Å². The molecule has 148 valence electrons. The fourth-order valence-corrected chi connectivity index (χ4v) is 3.40. The van der Waals surface area contributed by atoms with E-state index in [2.05, 4.69) is 47.7 Å². The predicted molar refractivity (Wildman–Crippen MR) is 108 cm³/mol. The molecule has 6 heteroatoms. The van der Waals surface area contributed by atoms with Gasteiger partial charge in [-0.2, -0.15) is 18.3 Å². The molecule has 3 aromatic carbocycles. The van der Waals surface area contributed by atoms with Crippen LogP contribution in [0.3, 0.4) is 0 Å². The lowest BCUT2D eigenvalue weighted by Crippen LogP contribution is -2.18. The minimum Gasteiger partial charge on any atom is -0.304 e. The second-order valence-electron chi connectivity index (χ2n) is 6.97. The van der Waals surface area contributed by atoms with E-state index >= 15 is 0 Å². The molecule has 1 aromatic heterocycles. The number of fused-ring (bicyclic) bond motifs is 1. The maximum Gasteiger partial charge on any atom is 0.416 e. The summed E-state index contributed by atoms with van der Waals surface area (Å²) in [5.41, 5.74) is 1.95. The molecule has 0 aliphatic carbocycles. The SMILES string of the molecule is C[C@@H](NCc1ccn(-c2ccc(C(F)(F)F)cc2)n1)c1cccc2ccccc12. The van der Waals surface area contributed by atoms with Crippen molar-refractivity contribution in [2.75, 3.05) is 0 Å². The van der Waals surface area contributed by atoms with E-state index in [4.69, 9.17) is 0 Å². The largest absolute Gasteiger partial charge is 0.416 e. The quantitative estimate of drug-likeness (QED) is 0.456. The Morgan fingerprint density at radius 2 is 1.66 bits per heavy atom. The van der Waals surface area contributed by atoms with Crippen LogP contribution < -0.4 is 5.32 Å². The summed E-state index contributed by atoms with van der Waals surface area (Å²) in [6, 6.07) is 21.5. The number of rotatable bonds is 5. The third-order valence-corrected chi connectivity index (χ3v) is 4.98. The third-order valence-electron chi connectivity index (χ3n) is 4.98. The lowest BCUT2D eigenvalue weighted by atomic mass is 10.00. The highest BCUT2D eigenvalue weighted by molar-refractivity contribution is 5.86. The number of hydrogen-bond donors (Lipinski definition) is 1. The molecule has 4 rings (SSSR count). The Bertz CT molecular complexity index is 1110. The van der Waals surface area contributed by atoms with Gasteiger partial charge in [0.1, 0.15) is 0 Å². The first-order chi connectivity index (χ1) is 13.9. The Balaban J connectivity index is 1.45. The van der Waals surface area contributed by atoms with Gasteiger partial charge in [-0.05, 0) is 53.6 Å². The summed E-state index contributed by atoms with van der Waals surface area (Å²) in [5, 5.41) is 10.4. The number of nitrogens with zero attached hydrogens (tertiary/aromatic N) is 2. The highest BCUT2D eigenvalue weighted by atomic mass is 19.4. The molecule has 3 nitrogen and oxygen atoms in total. The van der Waals surface area contributed by atoms with Gasteiger partial charge in [0, 0.05) is 18.8 Å². The molecule has 0 spiro atoms. The molecule has 29 heavy (non-hydrogen) atoms. The van der Waals surface area contributed by atoms with E-state index in [9.17, 15) is 13.2 Å². The van der Waals surface area contributed by atoms with Gasteiger partial charge in [0.05, 0.1) is 16.9 Å². The molecule has 0 aliphatic rings. The number of halogens is 3. The maximum atomic E-state index is 12.7. The molecule has 0 saturated heterocycles. The van der Waals surface area contributed by atoms with Crippen molar-refractivity contribution in [2.45, 2.75) is 25.7 Å². The first-order valence-corrected chi connectivity index (χ1v) is 9.35. The van der Waals surface area contributed by atoms with Crippen LogP contribution >= 0.6 is 0 Å². The first kappa shape index (κ1) is 19.2. The minimum atomic E-state index is -4.34. The molecule has 0 radical (unpaired) electrons. The topological polar surface area (TPSA) is 29.9 Å². The van der Waals surface area contributed by atoms with E-state index in [-0.39, 0.29) is 6.04 Å². The monoisotopic (exact) mass is 395 g/mol. The summed E-state index contributed by atoms with van der Waals surface area (Å²) in [4.78, 5) is 0. The van der Waals surface area contributed by atoms with E-state index in [1.165, 1.54) is 28.5 Å². The van der Waals surface area contributed by atoms with Gasteiger partial charge in [-0.15, -0.1) is 0 Å². The van der Waals surface area contributed by atoms with Crippen LogP contribution in [0.25, 0.3) is 16.5 Å². The average molecular weight is 395 g/mol. The molecule has 1 atom stereocenters. The van der Waals surface area contributed by atoms with Gasteiger partial charge >= 0.3 is 6.18 Å². The van der Waals surface area contributed by atoms with Crippen LogP contribution in [0.2, 0.25) is 0 Å². The summed E-state index contributed by atoms with van der Waals surface area (Å²) in [6.45, 7) is 2.66. The first-order valence-electron chi connectivity index (χ1n) is 9.35. The molecule has 1 N–H and O–H groups in total. The predicted octanol–water partition coefficient (Wildman–Crippen LogP) is 5.90. The van der Waals surface area contributed by atoms with Gasteiger partial charge in [-0.1, -0.05) is 42.5 Å². The summed E-state index contributed by atoms with van der Waals surface area (Å²) in [6.07, 6.45) is -2.59. The molecule has 0 amide bonds. The summed E-state index contributed by atoms with van der Waals surface area (Å²) >= 11 is 0. The minimum absolute atomic E-state index is 0.123. The van der Waals surface area contributed by atoms with Gasteiger partial charge in [-0.25, -0.2) is 4.68 Å². The summed E-state index contributed by atoms with van der Waals surface area (Å²) in [5.74, 6) is 0. The number of aromatic nitrogens is 2.